The third-order valence-electron chi connectivity index (χ3n) is 3.98. The molecule has 0 saturated carbocycles. The van der Waals surface area contributed by atoms with Crippen LogP contribution >= 0.6 is 0 Å². The third-order valence-corrected chi connectivity index (χ3v) is 3.98. The zero-order chi connectivity index (χ0) is 17.3. The van der Waals surface area contributed by atoms with E-state index < -0.39 is 74.6 Å². The van der Waals surface area contributed by atoms with E-state index in [0.717, 1.165) is 0 Å². The van der Waals surface area contributed by atoms with Gasteiger partial charge in [0, 0.05) is 0 Å². The van der Waals surface area contributed by atoms with E-state index in [9.17, 15) is 30.6 Å². The number of hydrogen-bond acceptors (Lipinski definition) is 11. The minimum absolute atomic E-state index is 0.667. The quantitative estimate of drug-likeness (QED) is 0.243. The summed E-state index contributed by atoms with van der Waals surface area (Å²) in [5.41, 5.74) is 0. The Bertz CT molecular complexity index is 380. The lowest BCUT2D eigenvalue weighted by atomic mass is 9.97. The highest BCUT2D eigenvalue weighted by atomic mass is 16.7. The van der Waals surface area contributed by atoms with Crippen LogP contribution in [0.2, 0.25) is 0 Å². The van der Waals surface area contributed by atoms with Crippen molar-refractivity contribution in [2.45, 2.75) is 61.4 Å². The van der Waals surface area contributed by atoms with Crippen molar-refractivity contribution in [3.05, 3.63) is 0 Å². The van der Waals surface area contributed by atoms with Crippen LogP contribution in [0.25, 0.3) is 0 Å². The van der Waals surface area contributed by atoms with Gasteiger partial charge in [-0.25, -0.2) is 0 Å². The minimum atomic E-state index is -1.76. The molecule has 0 unspecified atom stereocenters. The Morgan fingerprint density at radius 3 is 1.78 bits per heavy atom. The molecule has 0 amide bonds. The Kier molecular flexibility index (Phi) is 6.27. The number of hydrogen-bond donors (Lipinski definition) is 8. The van der Waals surface area contributed by atoms with Gasteiger partial charge < -0.3 is 55.1 Å². The summed E-state index contributed by atoms with van der Waals surface area (Å²) in [4.78, 5) is 0. The number of aliphatic hydroxyl groups excluding tert-OH is 8. The Morgan fingerprint density at radius 2 is 1.22 bits per heavy atom. The first-order valence-electron chi connectivity index (χ1n) is 7.08. The van der Waals surface area contributed by atoms with Crippen LogP contribution in [0.4, 0.5) is 0 Å². The largest absolute Gasteiger partial charge is 0.394 e. The molecule has 0 radical (unpaired) electrons. The van der Waals surface area contributed by atoms with Gasteiger partial charge in [-0.05, 0) is 0 Å². The van der Waals surface area contributed by atoms with Crippen LogP contribution in [0.1, 0.15) is 0 Å². The smallest absolute Gasteiger partial charge is 0.187 e. The van der Waals surface area contributed by atoms with Gasteiger partial charge >= 0.3 is 0 Å². The van der Waals surface area contributed by atoms with Crippen LogP contribution in [0.3, 0.4) is 0 Å². The van der Waals surface area contributed by atoms with Gasteiger partial charge in [-0.15, -0.1) is 0 Å². The molecular weight excluding hydrogens is 320 g/mol. The molecule has 2 fully saturated rings. The summed E-state index contributed by atoms with van der Waals surface area (Å²) < 4.78 is 15.1. The summed E-state index contributed by atoms with van der Waals surface area (Å²) in [6.45, 7) is -1.34. The first-order chi connectivity index (χ1) is 10.8. The van der Waals surface area contributed by atoms with Crippen molar-refractivity contribution < 1.29 is 55.1 Å². The van der Waals surface area contributed by atoms with Crippen molar-refractivity contribution in [2.75, 3.05) is 13.2 Å². The lowest BCUT2D eigenvalue weighted by Gasteiger charge is -2.45. The van der Waals surface area contributed by atoms with Gasteiger partial charge in [-0.3, -0.25) is 0 Å². The molecular formula is C12H22O11. The van der Waals surface area contributed by atoms with Crippen molar-refractivity contribution >= 4 is 0 Å². The molecule has 11 nitrogen and oxygen atoms in total. The van der Waals surface area contributed by atoms with Crippen LogP contribution < -0.4 is 0 Å². The van der Waals surface area contributed by atoms with Crippen molar-refractivity contribution in [1.82, 2.24) is 0 Å². The summed E-state index contributed by atoms with van der Waals surface area (Å²) in [7, 11) is 0. The lowest BCUT2D eigenvalue weighted by Crippen LogP contribution is -2.64. The third kappa shape index (κ3) is 3.65. The van der Waals surface area contributed by atoms with Gasteiger partial charge in [0.2, 0.25) is 0 Å². The molecule has 0 spiro atoms. The van der Waals surface area contributed by atoms with E-state index in [1.807, 2.05) is 0 Å². The van der Waals surface area contributed by atoms with Crippen molar-refractivity contribution in [2.24, 2.45) is 0 Å². The van der Waals surface area contributed by atoms with Gasteiger partial charge in [-0.2, -0.15) is 0 Å². The molecule has 8 N–H and O–H groups in total. The van der Waals surface area contributed by atoms with E-state index in [2.05, 4.69) is 0 Å². The van der Waals surface area contributed by atoms with Gasteiger partial charge in [0.1, 0.15) is 48.8 Å². The highest BCUT2D eigenvalue weighted by Gasteiger charge is 2.50. The molecule has 23 heavy (non-hydrogen) atoms. The molecule has 10 atom stereocenters. The van der Waals surface area contributed by atoms with Crippen LogP contribution in [0.5, 0.6) is 0 Å². The second-order valence-electron chi connectivity index (χ2n) is 5.53. The van der Waals surface area contributed by atoms with E-state index in [1.165, 1.54) is 0 Å². The van der Waals surface area contributed by atoms with Crippen molar-refractivity contribution in [1.29, 1.82) is 0 Å². The standard InChI is InChI=1S/C12H22O11/c13-1-3-5(15)7(17)8(18)12(22-3)23-10-6(16)4(2-14)21-11(20)9(10)19/h3-20H,1-2H2/t3-,4+,5-,6-,7+,8-,9-,10+,11-,12+/m1/s1. The fourth-order valence-corrected chi connectivity index (χ4v) is 2.56. The van der Waals surface area contributed by atoms with Gasteiger partial charge in [0.05, 0.1) is 13.2 Å². The average molecular weight is 342 g/mol. The maximum absolute atomic E-state index is 10.00. The Morgan fingerprint density at radius 1 is 0.652 bits per heavy atom. The van der Waals surface area contributed by atoms with E-state index in [-0.39, 0.29) is 0 Å². The summed E-state index contributed by atoms with van der Waals surface area (Å²) >= 11 is 0. The zero-order valence-electron chi connectivity index (χ0n) is 12.0. The molecule has 2 heterocycles. The van der Waals surface area contributed by atoms with Gasteiger partial charge in [-0.1, -0.05) is 0 Å². The second kappa shape index (κ2) is 7.63. The molecule has 11 heteroatoms. The van der Waals surface area contributed by atoms with Crippen LogP contribution in [-0.2, 0) is 14.2 Å². The first-order valence-corrected chi connectivity index (χ1v) is 7.08. The second-order valence-corrected chi connectivity index (χ2v) is 5.53. The van der Waals surface area contributed by atoms with Crippen LogP contribution in [0, 0.1) is 0 Å². The molecule has 2 aliphatic rings. The van der Waals surface area contributed by atoms with Gasteiger partial charge in [0.15, 0.2) is 12.6 Å². The SMILES string of the molecule is OC[C@@H]1O[C@@H](O)[C@H](O)[C@@H](O[C@@H]2O[C@H](CO)[C@@H](O)[C@H](O)[C@H]2O)[C@@H]1O. The maximum atomic E-state index is 10.00. The lowest BCUT2D eigenvalue weighted by molar-refractivity contribution is -0.355. The fourth-order valence-electron chi connectivity index (χ4n) is 2.56. The topological polar surface area (TPSA) is 190 Å². The summed E-state index contributed by atoms with van der Waals surface area (Å²) in [5, 5.41) is 76.8. The normalized spacial score (nSPS) is 51.7. The predicted molar refractivity (Wildman–Crippen MR) is 68.6 cm³/mol. The van der Waals surface area contributed by atoms with Crippen LogP contribution in [0.15, 0.2) is 0 Å². The molecule has 0 bridgehead atoms. The van der Waals surface area contributed by atoms with E-state index >= 15 is 0 Å². The number of ether oxygens (including phenoxy) is 3. The van der Waals surface area contributed by atoms with E-state index in [4.69, 9.17) is 24.4 Å². The molecule has 0 aliphatic carbocycles. The van der Waals surface area contributed by atoms with E-state index in [0.29, 0.717) is 0 Å². The molecule has 0 aromatic rings. The minimum Gasteiger partial charge on any atom is -0.394 e. The predicted octanol–water partition coefficient (Wildman–Crippen LogP) is -5.40. The zero-order valence-corrected chi connectivity index (χ0v) is 12.0. The van der Waals surface area contributed by atoms with Crippen LogP contribution in [-0.4, -0.2) is 115 Å². The highest BCUT2D eigenvalue weighted by Crippen LogP contribution is 2.28. The molecule has 0 aromatic heterocycles. The Hall–Kier alpha value is -0.440. The maximum Gasteiger partial charge on any atom is 0.187 e. The van der Waals surface area contributed by atoms with Gasteiger partial charge in [0.25, 0.3) is 0 Å². The summed E-state index contributed by atoms with van der Waals surface area (Å²) in [6.07, 6.45) is -15.7. The number of aliphatic hydroxyl groups is 8. The Balaban J connectivity index is 2.11. The summed E-state index contributed by atoms with van der Waals surface area (Å²) in [6, 6.07) is 0. The molecule has 2 aliphatic heterocycles. The summed E-state index contributed by atoms with van der Waals surface area (Å²) in [5.74, 6) is 0. The molecule has 136 valence electrons. The number of rotatable bonds is 4. The monoisotopic (exact) mass is 342 g/mol. The average Bonchev–Trinajstić information content (AvgIpc) is 2.54. The Labute approximate surface area is 130 Å². The molecule has 0 aromatic carbocycles. The van der Waals surface area contributed by atoms with E-state index in [1.54, 1.807) is 0 Å². The first kappa shape index (κ1) is 18.9. The van der Waals surface area contributed by atoms with Crippen molar-refractivity contribution in [3.8, 4) is 0 Å². The molecule has 2 rings (SSSR count). The van der Waals surface area contributed by atoms with Crippen molar-refractivity contribution in [3.63, 3.8) is 0 Å². The fraction of sp³-hybridized carbons (Fsp3) is 1.00. The highest BCUT2D eigenvalue weighted by molar-refractivity contribution is 4.93. The molecule has 2 saturated heterocycles.